The molecule has 0 bridgehead atoms. The van der Waals surface area contributed by atoms with Crippen LogP contribution in [0.1, 0.15) is 0 Å². The molecule has 0 atom stereocenters. The Morgan fingerprint density at radius 2 is 0.790 bits per heavy atom. The minimum absolute atomic E-state index is 1.09. The van der Waals surface area contributed by atoms with Crippen LogP contribution in [-0.2, 0) is 0 Å². The van der Waals surface area contributed by atoms with Crippen molar-refractivity contribution in [3.8, 4) is 39.1 Å². The Morgan fingerprint density at radius 1 is 0.274 bits per heavy atom. The number of benzene rings is 11. The fourth-order valence-electron chi connectivity index (χ4n) is 9.68. The first-order chi connectivity index (χ1) is 30.8. The average Bonchev–Trinajstić information content (AvgIpc) is 3.69. The maximum absolute atomic E-state index is 2.42. The van der Waals surface area contributed by atoms with Gasteiger partial charge in [-0.15, -0.1) is 0 Å². The quantitative estimate of drug-likeness (QED) is 0.146. The minimum Gasteiger partial charge on any atom is -0.310 e. The first-order valence-electron chi connectivity index (χ1n) is 21.3. The van der Waals surface area contributed by atoms with Gasteiger partial charge in [0.05, 0.1) is 16.7 Å². The van der Waals surface area contributed by atoms with Crippen LogP contribution in [0, 0.1) is 0 Å². The van der Waals surface area contributed by atoms with E-state index in [4.69, 9.17) is 0 Å². The maximum Gasteiger partial charge on any atom is 0.0541 e. The molecule has 62 heavy (non-hydrogen) atoms. The molecule has 2 heteroatoms. The molecule has 2 nitrogen and oxygen atoms in total. The summed E-state index contributed by atoms with van der Waals surface area (Å²) in [4.78, 5) is 2.42. The molecule has 0 N–H and O–H groups in total. The molecule has 0 aliphatic carbocycles. The first kappa shape index (κ1) is 35.7. The minimum atomic E-state index is 1.09. The number of anilines is 3. The Labute approximate surface area is 360 Å². The van der Waals surface area contributed by atoms with Gasteiger partial charge >= 0.3 is 0 Å². The first-order valence-corrected chi connectivity index (χ1v) is 21.3. The molecule has 0 unspecified atom stereocenters. The van der Waals surface area contributed by atoms with Gasteiger partial charge in [0.15, 0.2) is 0 Å². The third-order valence-corrected chi connectivity index (χ3v) is 12.6. The van der Waals surface area contributed by atoms with Crippen LogP contribution in [0.25, 0.3) is 93.2 Å². The van der Waals surface area contributed by atoms with Gasteiger partial charge in [-0.2, -0.15) is 0 Å². The summed E-state index contributed by atoms with van der Waals surface area (Å²) in [5.74, 6) is 0. The zero-order valence-corrected chi connectivity index (χ0v) is 34.0. The molecule has 1 aromatic heterocycles. The highest BCUT2D eigenvalue weighted by atomic mass is 15.1. The lowest BCUT2D eigenvalue weighted by molar-refractivity contribution is 1.18. The molecule has 11 aromatic carbocycles. The molecule has 0 fully saturated rings. The molecule has 0 amide bonds. The molecule has 0 radical (unpaired) electrons. The largest absolute Gasteiger partial charge is 0.310 e. The van der Waals surface area contributed by atoms with Crippen LogP contribution in [0.5, 0.6) is 0 Å². The predicted molar refractivity (Wildman–Crippen MR) is 264 cm³/mol. The van der Waals surface area contributed by atoms with Gasteiger partial charge in [-0.1, -0.05) is 188 Å². The zero-order chi connectivity index (χ0) is 41.0. The fraction of sp³-hybridized carbons (Fsp3) is 0. The van der Waals surface area contributed by atoms with E-state index in [0.717, 1.165) is 28.3 Å². The monoisotopic (exact) mass is 788 g/mol. The van der Waals surface area contributed by atoms with Gasteiger partial charge in [0, 0.05) is 33.4 Å². The Kier molecular flexibility index (Phi) is 8.53. The average molecular weight is 789 g/mol. The molecular weight excluding hydrogens is 749 g/mol. The number of hydrogen-bond acceptors (Lipinski definition) is 1. The second-order valence-electron chi connectivity index (χ2n) is 16.1. The van der Waals surface area contributed by atoms with Crippen LogP contribution in [-0.4, -0.2) is 4.57 Å². The van der Waals surface area contributed by atoms with Gasteiger partial charge < -0.3 is 9.47 Å². The van der Waals surface area contributed by atoms with E-state index in [1.807, 2.05) is 0 Å². The maximum atomic E-state index is 2.42. The molecule has 1 heterocycles. The summed E-state index contributed by atoms with van der Waals surface area (Å²) in [5.41, 5.74) is 14.0. The van der Waals surface area contributed by atoms with Crippen molar-refractivity contribution in [2.75, 3.05) is 4.90 Å². The van der Waals surface area contributed by atoms with E-state index in [9.17, 15) is 0 Å². The van der Waals surface area contributed by atoms with Crippen LogP contribution >= 0.6 is 0 Å². The second-order valence-corrected chi connectivity index (χ2v) is 16.1. The lowest BCUT2D eigenvalue weighted by atomic mass is 9.93. The summed E-state index contributed by atoms with van der Waals surface area (Å²) in [7, 11) is 0. The summed E-state index contributed by atoms with van der Waals surface area (Å²) in [6.45, 7) is 0. The lowest BCUT2D eigenvalue weighted by Crippen LogP contribution is -2.11. The SMILES string of the molecule is c1ccc(-c2cc(-n3c4ccccc4c4ccccc43)ccc2-c2ccc(N(c3ccc4c(ccc5c6ccccc6ccc45)c3)c3ccccc3-c3ccccc3)cc2)cc1. The number of aromatic nitrogens is 1. The van der Waals surface area contributed by atoms with Gasteiger partial charge in [-0.3, -0.25) is 0 Å². The van der Waals surface area contributed by atoms with E-state index in [1.165, 1.54) is 81.9 Å². The van der Waals surface area contributed by atoms with E-state index in [0.29, 0.717) is 0 Å². The Balaban J connectivity index is 1.01. The van der Waals surface area contributed by atoms with Gasteiger partial charge in [0.2, 0.25) is 0 Å². The van der Waals surface area contributed by atoms with Crippen LogP contribution in [0.15, 0.2) is 243 Å². The van der Waals surface area contributed by atoms with Gasteiger partial charge in [0.25, 0.3) is 0 Å². The number of rotatable bonds is 7. The summed E-state index contributed by atoms with van der Waals surface area (Å²) in [5, 5.41) is 10.1. The Bertz CT molecular complexity index is 3570. The summed E-state index contributed by atoms with van der Waals surface area (Å²) < 4.78 is 2.40. The number of para-hydroxylation sites is 3. The third-order valence-electron chi connectivity index (χ3n) is 12.6. The van der Waals surface area contributed by atoms with Gasteiger partial charge in [-0.05, 0) is 115 Å². The van der Waals surface area contributed by atoms with Crippen molar-refractivity contribution in [2.45, 2.75) is 0 Å². The Morgan fingerprint density at radius 3 is 1.50 bits per heavy atom. The molecular formula is C60H40N2. The molecule has 0 saturated carbocycles. The number of nitrogens with zero attached hydrogens (tertiary/aromatic N) is 2. The predicted octanol–water partition coefficient (Wildman–Crippen LogP) is 16.7. The van der Waals surface area contributed by atoms with E-state index < -0.39 is 0 Å². The van der Waals surface area contributed by atoms with Crippen molar-refractivity contribution < 1.29 is 0 Å². The summed E-state index contributed by atoms with van der Waals surface area (Å²) in [6.07, 6.45) is 0. The van der Waals surface area contributed by atoms with Crippen LogP contribution in [0.4, 0.5) is 17.1 Å². The van der Waals surface area contributed by atoms with Crippen LogP contribution in [0.2, 0.25) is 0 Å². The standard InChI is InChI=1S/C60H40N2/c1-3-15-41(16-4-1)52-21-9-12-24-58(52)61(47-33-38-51-45(39-47)30-36-53-49-20-8-7-19-43(49)29-35-54(51)53)46-31-27-44(28-32-46)50-37-34-48(40-57(50)42-17-5-2-6-18-42)62-59-25-13-10-22-55(59)56-23-11-14-26-60(56)62/h1-40H. The molecule has 290 valence electrons. The van der Waals surface area contributed by atoms with Crippen molar-refractivity contribution in [3.05, 3.63) is 243 Å². The number of hydrogen-bond donors (Lipinski definition) is 0. The van der Waals surface area contributed by atoms with Gasteiger partial charge in [0.1, 0.15) is 0 Å². The zero-order valence-electron chi connectivity index (χ0n) is 34.0. The second kappa shape index (κ2) is 14.8. The van der Waals surface area contributed by atoms with Gasteiger partial charge in [-0.25, -0.2) is 0 Å². The van der Waals surface area contributed by atoms with Crippen LogP contribution < -0.4 is 4.90 Å². The van der Waals surface area contributed by atoms with Crippen molar-refractivity contribution in [2.24, 2.45) is 0 Å². The molecule has 12 rings (SSSR count). The van der Waals surface area contributed by atoms with Crippen LogP contribution in [0.3, 0.4) is 0 Å². The van der Waals surface area contributed by atoms with E-state index in [2.05, 4.69) is 252 Å². The number of fused-ring (bicyclic) bond motifs is 8. The van der Waals surface area contributed by atoms with E-state index in [1.54, 1.807) is 0 Å². The fourth-order valence-corrected chi connectivity index (χ4v) is 9.68. The molecule has 12 aromatic rings. The smallest absolute Gasteiger partial charge is 0.0541 e. The highest BCUT2D eigenvalue weighted by Crippen LogP contribution is 2.44. The van der Waals surface area contributed by atoms with Crippen molar-refractivity contribution in [1.82, 2.24) is 4.57 Å². The van der Waals surface area contributed by atoms with Crippen molar-refractivity contribution in [1.29, 1.82) is 0 Å². The highest BCUT2D eigenvalue weighted by Gasteiger charge is 2.20. The van der Waals surface area contributed by atoms with Crippen molar-refractivity contribution in [3.63, 3.8) is 0 Å². The van der Waals surface area contributed by atoms with Crippen molar-refractivity contribution >= 4 is 71.2 Å². The molecule has 0 saturated heterocycles. The lowest BCUT2D eigenvalue weighted by Gasteiger charge is -2.28. The summed E-state index contributed by atoms with van der Waals surface area (Å²) >= 11 is 0. The topological polar surface area (TPSA) is 8.17 Å². The molecule has 0 aliphatic rings. The van der Waals surface area contributed by atoms with E-state index in [-0.39, 0.29) is 0 Å². The summed E-state index contributed by atoms with van der Waals surface area (Å²) in [6, 6.07) is 88.5. The van der Waals surface area contributed by atoms with E-state index >= 15 is 0 Å². The Hall–Kier alpha value is -8.20. The highest BCUT2D eigenvalue weighted by molar-refractivity contribution is 6.18. The molecule has 0 spiro atoms. The molecule has 0 aliphatic heterocycles. The normalized spacial score (nSPS) is 11.5. The third kappa shape index (κ3) is 5.96.